The monoisotopic (exact) mass is 155 g/mol. The van der Waals surface area contributed by atoms with E-state index in [-0.39, 0.29) is 16.9 Å². The van der Waals surface area contributed by atoms with Gasteiger partial charge >= 0.3 is 0 Å². The van der Waals surface area contributed by atoms with E-state index in [9.17, 15) is 0 Å². The quantitative estimate of drug-likeness (QED) is 0.609. The third kappa shape index (κ3) is 2.06. The van der Waals surface area contributed by atoms with Gasteiger partial charge in [-0.15, -0.1) is 6.58 Å². The van der Waals surface area contributed by atoms with Gasteiger partial charge in [0.2, 0.25) is 0 Å². The summed E-state index contributed by atoms with van der Waals surface area (Å²) < 4.78 is 0. The maximum absolute atomic E-state index is 5.92. The summed E-state index contributed by atoms with van der Waals surface area (Å²) in [5, 5.41) is 0. The second-order valence-corrected chi connectivity index (χ2v) is 4.73. The first-order chi connectivity index (χ1) is 4.73. The first kappa shape index (κ1) is 10.7. The molecule has 2 N–H and O–H groups in total. The van der Waals surface area contributed by atoms with Crippen LogP contribution in [0.5, 0.6) is 0 Å². The maximum Gasteiger partial charge on any atom is 0.0278 e. The maximum atomic E-state index is 5.92. The average molecular weight is 155 g/mol. The Morgan fingerprint density at radius 3 is 1.64 bits per heavy atom. The fraction of sp³-hybridized carbons (Fsp3) is 0.800. The molecule has 0 aliphatic rings. The molecule has 1 nitrogen and oxygen atoms in total. The van der Waals surface area contributed by atoms with Crippen molar-refractivity contribution in [2.24, 2.45) is 16.6 Å². The second kappa shape index (κ2) is 2.98. The van der Waals surface area contributed by atoms with Crippen molar-refractivity contribution in [3.8, 4) is 0 Å². The summed E-state index contributed by atoms with van der Waals surface area (Å²) in [5.74, 6) is 0. The number of rotatable bonds is 2. The van der Waals surface area contributed by atoms with Crippen LogP contribution in [0.4, 0.5) is 0 Å². The Balaban J connectivity index is 4.58. The molecule has 0 saturated carbocycles. The van der Waals surface area contributed by atoms with Crippen molar-refractivity contribution in [3.05, 3.63) is 12.7 Å². The second-order valence-electron chi connectivity index (χ2n) is 4.73. The summed E-state index contributed by atoms with van der Waals surface area (Å²) in [5.41, 5.74) is 6.25. The molecule has 0 heterocycles. The van der Waals surface area contributed by atoms with E-state index in [4.69, 9.17) is 5.73 Å². The van der Waals surface area contributed by atoms with E-state index in [1.165, 1.54) is 0 Å². The van der Waals surface area contributed by atoms with Crippen LogP contribution in [0.3, 0.4) is 0 Å². The molecule has 0 fully saturated rings. The minimum Gasteiger partial charge on any atom is -0.324 e. The molecular weight excluding hydrogens is 134 g/mol. The van der Waals surface area contributed by atoms with Crippen molar-refractivity contribution in [1.82, 2.24) is 0 Å². The first-order valence-electron chi connectivity index (χ1n) is 4.11. The van der Waals surface area contributed by atoms with E-state index in [1.54, 1.807) is 0 Å². The van der Waals surface area contributed by atoms with Gasteiger partial charge in [0.05, 0.1) is 0 Å². The molecule has 1 unspecified atom stereocenters. The van der Waals surface area contributed by atoms with Crippen molar-refractivity contribution in [3.63, 3.8) is 0 Å². The third-order valence-electron chi connectivity index (χ3n) is 3.02. The van der Waals surface area contributed by atoms with Gasteiger partial charge in [-0.2, -0.15) is 0 Å². The molecule has 0 aromatic rings. The summed E-state index contributed by atoms with van der Waals surface area (Å²) in [6.07, 6.45) is 1.82. The number of hydrogen-bond donors (Lipinski definition) is 1. The highest BCUT2D eigenvalue weighted by Crippen LogP contribution is 2.40. The van der Waals surface area contributed by atoms with E-state index < -0.39 is 0 Å². The van der Waals surface area contributed by atoms with Crippen molar-refractivity contribution in [1.29, 1.82) is 0 Å². The lowest BCUT2D eigenvalue weighted by atomic mass is 9.65. The van der Waals surface area contributed by atoms with Crippen LogP contribution in [0.15, 0.2) is 12.7 Å². The normalized spacial score (nSPS) is 16.2. The fourth-order valence-electron chi connectivity index (χ4n) is 0.795. The summed E-state index contributed by atoms with van der Waals surface area (Å²) in [4.78, 5) is 0. The van der Waals surface area contributed by atoms with Gasteiger partial charge in [-0.05, 0) is 10.8 Å². The highest BCUT2D eigenvalue weighted by molar-refractivity contribution is 4.99. The van der Waals surface area contributed by atoms with Gasteiger partial charge in [-0.25, -0.2) is 0 Å². The standard InChI is InChI=1S/C10H21N/c1-7-8(11)10(5,6)9(2,3)4/h7-8H,1,11H2,2-6H3. The van der Waals surface area contributed by atoms with Crippen LogP contribution in [0, 0.1) is 10.8 Å². The molecule has 0 aromatic heterocycles. The molecule has 0 bridgehead atoms. The molecule has 0 aliphatic carbocycles. The zero-order valence-corrected chi connectivity index (χ0v) is 8.44. The van der Waals surface area contributed by atoms with Crippen LogP contribution < -0.4 is 5.73 Å². The van der Waals surface area contributed by atoms with Crippen LogP contribution in [0.2, 0.25) is 0 Å². The van der Waals surface area contributed by atoms with E-state index in [2.05, 4.69) is 41.2 Å². The molecule has 0 aromatic carbocycles. The van der Waals surface area contributed by atoms with Gasteiger partial charge in [-0.1, -0.05) is 40.7 Å². The van der Waals surface area contributed by atoms with Crippen LogP contribution in [0.25, 0.3) is 0 Å². The SMILES string of the molecule is C=CC(N)C(C)(C)C(C)(C)C. The summed E-state index contributed by atoms with van der Waals surface area (Å²) in [7, 11) is 0. The predicted octanol–water partition coefficient (Wildman–Crippen LogP) is 2.57. The summed E-state index contributed by atoms with van der Waals surface area (Å²) in [6.45, 7) is 14.7. The summed E-state index contributed by atoms with van der Waals surface area (Å²) in [6, 6.07) is 0.0718. The molecule has 0 rings (SSSR count). The van der Waals surface area contributed by atoms with Crippen molar-refractivity contribution >= 4 is 0 Å². The molecular formula is C10H21N. The minimum atomic E-state index is 0.0718. The number of nitrogens with two attached hydrogens (primary N) is 1. The average Bonchev–Trinajstić information content (AvgIpc) is 1.83. The Labute approximate surface area is 70.7 Å². The molecule has 1 heteroatoms. The lowest BCUT2D eigenvalue weighted by Gasteiger charge is -2.42. The topological polar surface area (TPSA) is 26.0 Å². The summed E-state index contributed by atoms with van der Waals surface area (Å²) >= 11 is 0. The number of hydrogen-bond acceptors (Lipinski definition) is 1. The Morgan fingerprint density at radius 1 is 1.18 bits per heavy atom. The molecule has 0 aliphatic heterocycles. The highest BCUT2D eigenvalue weighted by atomic mass is 14.7. The van der Waals surface area contributed by atoms with E-state index in [0.717, 1.165) is 0 Å². The lowest BCUT2D eigenvalue weighted by molar-refractivity contribution is 0.115. The predicted molar refractivity (Wildman–Crippen MR) is 51.4 cm³/mol. The van der Waals surface area contributed by atoms with Gasteiger partial charge < -0.3 is 5.73 Å². The first-order valence-corrected chi connectivity index (χ1v) is 4.11. The van der Waals surface area contributed by atoms with E-state index >= 15 is 0 Å². The molecule has 66 valence electrons. The van der Waals surface area contributed by atoms with E-state index in [1.807, 2.05) is 6.08 Å². The zero-order valence-electron chi connectivity index (χ0n) is 8.44. The molecule has 0 radical (unpaired) electrons. The largest absolute Gasteiger partial charge is 0.324 e. The lowest BCUT2D eigenvalue weighted by Crippen LogP contribution is -2.44. The smallest absolute Gasteiger partial charge is 0.0278 e. The third-order valence-corrected chi connectivity index (χ3v) is 3.02. The highest BCUT2D eigenvalue weighted by Gasteiger charge is 2.36. The Morgan fingerprint density at radius 2 is 1.55 bits per heavy atom. The van der Waals surface area contributed by atoms with Crippen LogP contribution >= 0.6 is 0 Å². The van der Waals surface area contributed by atoms with Gasteiger partial charge in [0.15, 0.2) is 0 Å². The van der Waals surface area contributed by atoms with E-state index in [0.29, 0.717) is 0 Å². The van der Waals surface area contributed by atoms with Crippen LogP contribution in [0.1, 0.15) is 34.6 Å². The Kier molecular flexibility index (Phi) is 2.90. The van der Waals surface area contributed by atoms with Gasteiger partial charge in [0.1, 0.15) is 0 Å². The van der Waals surface area contributed by atoms with Crippen LogP contribution in [-0.4, -0.2) is 6.04 Å². The minimum absolute atomic E-state index is 0.0718. The molecule has 0 saturated heterocycles. The van der Waals surface area contributed by atoms with Gasteiger partial charge in [-0.3, -0.25) is 0 Å². The fourth-order valence-corrected chi connectivity index (χ4v) is 0.795. The molecule has 1 atom stereocenters. The molecule has 0 amide bonds. The van der Waals surface area contributed by atoms with Gasteiger partial charge in [0.25, 0.3) is 0 Å². The Bertz CT molecular complexity index is 139. The van der Waals surface area contributed by atoms with Crippen molar-refractivity contribution in [2.75, 3.05) is 0 Å². The van der Waals surface area contributed by atoms with Crippen molar-refractivity contribution < 1.29 is 0 Å². The van der Waals surface area contributed by atoms with Crippen molar-refractivity contribution in [2.45, 2.75) is 40.7 Å². The molecule has 0 spiro atoms. The zero-order chi connectivity index (χ0) is 9.28. The van der Waals surface area contributed by atoms with Gasteiger partial charge in [0, 0.05) is 6.04 Å². The Hall–Kier alpha value is -0.300. The molecule has 11 heavy (non-hydrogen) atoms. The van der Waals surface area contributed by atoms with Crippen LogP contribution in [-0.2, 0) is 0 Å².